The van der Waals surface area contributed by atoms with Gasteiger partial charge in [0.1, 0.15) is 13.2 Å². The van der Waals surface area contributed by atoms with E-state index in [0.717, 1.165) is 37.2 Å². The number of urea groups is 1. The standard InChI is InChI=1S/C19H22N2O3S/c22-19(20-14-7-8-16-17(13-14)24-11-10-23-16)21-9-3-1-2-5-15(21)18-6-4-12-25-18/h4,6-8,12-13,15H,1-3,5,9-11H2,(H,20,22)/t15-/m0/s1. The van der Waals surface area contributed by atoms with Gasteiger partial charge in [-0.15, -0.1) is 11.3 Å². The summed E-state index contributed by atoms with van der Waals surface area (Å²) in [5.74, 6) is 1.42. The fraction of sp³-hybridized carbons (Fsp3) is 0.421. The van der Waals surface area contributed by atoms with Gasteiger partial charge < -0.3 is 19.7 Å². The van der Waals surface area contributed by atoms with Crippen molar-refractivity contribution < 1.29 is 14.3 Å². The molecule has 0 spiro atoms. The third-order valence-corrected chi connectivity index (χ3v) is 5.65. The molecule has 1 aromatic heterocycles. The third-order valence-electron chi connectivity index (χ3n) is 4.68. The molecule has 0 aliphatic carbocycles. The van der Waals surface area contributed by atoms with Crippen LogP contribution in [-0.2, 0) is 0 Å². The highest BCUT2D eigenvalue weighted by atomic mass is 32.1. The monoisotopic (exact) mass is 358 g/mol. The molecular formula is C19H22N2O3S. The average molecular weight is 358 g/mol. The number of amides is 2. The van der Waals surface area contributed by atoms with Crippen LogP contribution < -0.4 is 14.8 Å². The van der Waals surface area contributed by atoms with Crippen molar-refractivity contribution in [1.82, 2.24) is 4.90 Å². The minimum atomic E-state index is -0.0445. The lowest BCUT2D eigenvalue weighted by Crippen LogP contribution is -2.37. The zero-order chi connectivity index (χ0) is 17.1. The van der Waals surface area contributed by atoms with E-state index >= 15 is 0 Å². The van der Waals surface area contributed by atoms with E-state index in [4.69, 9.17) is 9.47 Å². The molecule has 1 atom stereocenters. The summed E-state index contributed by atoms with van der Waals surface area (Å²) in [6.45, 7) is 1.89. The van der Waals surface area contributed by atoms with Crippen molar-refractivity contribution in [3.63, 3.8) is 0 Å². The Kier molecular flexibility index (Phi) is 4.78. The van der Waals surface area contributed by atoms with E-state index in [1.54, 1.807) is 11.3 Å². The van der Waals surface area contributed by atoms with Gasteiger partial charge in [0.25, 0.3) is 0 Å². The number of hydrogen-bond acceptors (Lipinski definition) is 4. The lowest BCUT2D eigenvalue weighted by Gasteiger charge is -2.29. The van der Waals surface area contributed by atoms with Crippen LogP contribution in [0.25, 0.3) is 0 Å². The zero-order valence-electron chi connectivity index (χ0n) is 14.1. The van der Waals surface area contributed by atoms with E-state index in [0.29, 0.717) is 19.0 Å². The summed E-state index contributed by atoms with van der Waals surface area (Å²) in [4.78, 5) is 16.2. The van der Waals surface area contributed by atoms with Gasteiger partial charge in [-0.1, -0.05) is 18.9 Å². The van der Waals surface area contributed by atoms with Crippen LogP contribution in [0.15, 0.2) is 35.7 Å². The number of rotatable bonds is 2. The minimum absolute atomic E-state index is 0.0445. The van der Waals surface area contributed by atoms with Crippen molar-refractivity contribution in [2.75, 3.05) is 25.1 Å². The Morgan fingerprint density at radius 1 is 1.12 bits per heavy atom. The molecule has 0 radical (unpaired) electrons. The number of hydrogen-bond donors (Lipinski definition) is 1. The second-order valence-corrected chi connectivity index (χ2v) is 7.34. The number of ether oxygens (including phenoxy) is 2. The van der Waals surface area contributed by atoms with Gasteiger partial charge in [0, 0.05) is 23.2 Å². The first-order valence-corrected chi connectivity index (χ1v) is 9.70. The minimum Gasteiger partial charge on any atom is -0.486 e. The molecule has 1 saturated heterocycles. The van der Waals surface area contributed by atoms with Crippen LogP contribution in [0.4, 0.5) is 10.5 Å². The average Bonchev–Trinajstić information content (AvgIpc) is 3.06. The van der Waals surface area contributed by atoms with Crippen molar-refractivity contribution in [2.24, 2.45) is 0 Å². The lowest BCUT2D eigenvalue weighted by molar-refractivity contribution is 0.171. The van der Waals surface area contributed by atoms with Crippen LogP contribution in [0.5, 0.6) is 11.5 Å². The highest BCUT2D eigenvalue weighted by Gasteiger charge is 2.27. The third kappa shape index (κ3) is 3.58. The summed E-state index contributed by atoms with van der Waals surface area (Å²) in [5.41, 5.74) is 0.739. The molecule has 3 heterocycles. The number of carbonyl (C=O) groups excluding carboxylic acids is 1. The fourth-order valence-corrected chi connectivity index (χ4v) is 4.32. The van der Waals surface area contributed by atoms with E-state index in [9.17, 15) is 4.79 Å². The van der Waals surface area contributed by atoms with E-state index in [-0.39, 0.29) is 12.1 Å². The summed E-state index contributed by atoms with van der Waals surface area (Å²) in [5, 5.41) is 5.12. The Labute approximate surface area is 151 Å². The molecule has 2 aliphatic rings. The number of likely N-dealkylation sites (tertiary alicyclic amines) is 1. The molecule has 2 amide bonds. The van der Waals surface area contributed by atoms with Gasteiger partial charge in [0.2, 0.25) is 0 Å². The molecule has 4 rings (SSSR count). The highest BCUT2D eigenvalue weighted by Crippen LogP contribution is 2.35. The molecular weight excluding hydrogens is 336 g/mol. The Morgan fingerprint density at radius 2 is 2.00 bits per heavy atom. The van der Waals surface area contributed by atoms with Crippen molar-refractivity contribution in [3.05, 3.63) is 40.6 Å². The molecule has 1 aromatic carbocycles. The molecule has 5 nitrogen and oxygen atoms in total. The molecule has 1 N–H and O–H groups in total. The smallest absolute Gasteiger partial charge is 0.322 e. The Bertz CT molecular complexity index is 732. The predicted octanol–water partition coefficient (Wildman–Crippen LogP) is 4.67. The van der Waals surface area contributed by atoms with Crippen LogP contribution in [0, 0.1) is 0 Å². The second-order valence-electron chi connectivity index (χ2n) is 6.36. The Hall–Kier alpha value is -2.21. The van der Waals surface area contributed by atoms with Gasteiger partial charge in [-0.2, -0.15) is 0 Å². The molecule has 6 heteroatoms. The fourth-order valence-electron chi connectivity index (χ4n) is 3.44. The maximum Gasteiger partial charge on any atom is 0.322 e. The number of nitrogens with one attached hydrogen (secondary N) is 1. The summed E-state index contributed by atoms with van der Waals surface area (Å²) < 4.78 is 11.1. The van der Waals surface area contributed by atoms with Crippen LogP contribution >= 0.6 is 11.3 Å². The van der Waals surface area contributed by atoms with Gasteiger partial charge in [-0.05, 0) is 36.4 Å². The first kappa shape index (κ1) is 16.3. The topological polar surface area (TPSA) is 50.8 Å². The summed E-state index contributed by atoms with van der Waals surface area (Å²) in [6.07, 6.45) is 4.41. The number of anilines is 1. The normalized spacial score (nSPS) is 20.0. The first-order chi connectivity index (χ1) is 12.3. The Morgan fingerprint density at radius 3 is 2.84 bits per heavy atom. The van der Waals surface area contributed by atoms with Gasteiger partial charge in [0.05, 0.1) is 6.04 Å². The molecule has 0 unspecified atom stereocenters. The quantitative estimate of drug-likeness (QED) is 0.849. The number of carbonyl (C=O) groups is 1. The number of fused-ring (bicyclic) bond motifs is 1. The molecule has 2 aliphatic heterocycles. The predicted molar refractivity (Wildman–Crippen MR) is 98.7 cm³/mol. The summed E-state index contributed by atoms with van der Waals surface area (Å²) in [7, 11) is 0. The zero-order valence-corrected chi connectivity index (χ0v) is 14.9. The summed E-state index contributed by atoms with van der Waals surface area (Å²) in [6, 6.07) is 9.86. The van der Waals surface area contributed by atoms with Crippen LogP contribution in [0.2, 0.25) is 0 Å². The number of nitrogens with zero attached hydrogens (tertiary/aromatic N) is 1. The van der Waals surface area contributed by atoms with Crippen molar-refractivity contribution in [3.8, 4) is 11.5 Å². The van der Waals surface area contributed by atoms with E-state index in [1.807, 2.05) is 23.1 Å². The summed E-state index contributed by atoms with van der Waals surface area (Å²) >= 11 is 1.73. The van der Waals surface area contributed by atoms with Crippen molar-refractivity contribution in [2.45, 2.75) is 31.7 Å². The second kappa shape index (κ2) is 7.35. The largest absolute Gasteiger partial charge is 0.486 e. The number of benzene rings is 1. The molecule has 0 bridgehead atoms. The van der Waals surface area contributed by atoms with Crippen molar-refractivity contribution in [1.29, 1.82) is 0 Å². The van der Waals surface area contributed by atoms with Gasteiger partial charge >= 0.3 is 6.03 Å². The maximum absolute atomic E-state index is 12.9. The van der Waals surface area contributed by atoms with E-state index in [1.165, 1.54) is 11.3 Å². The SMILES string of the molecule is O=C(Nc1ccc2c(c1)OCCO2)N1CCCCC[C@H]1c1cccs1. The maximum atomic E-state index is 12.9. The van der Waals surface area contributed by atoms with E-state index in [2.05, 4.69) is 22.8 Å². The van der Waals surface area contributed by atoms with Crippen molar-refractivity contribution >= 4 is 23.1 Å². The first-order valence-electron chi connectivity index (χ1n) is 8.82. The van der Waals surface area contributed by atoms with Gasteiger partial charge in [-0.3, -0.25) is 0 Å². The van der Waals surface area contributed by atoms with Crippen LogP contribution in [0.1, 0.15) is 36.6 Å². The molecule has 132 valence electrons. The van der Waals surface area contributed by atoms with E-state index < -0.39 is 0 Å². The number of thiophene rings is 1. The molecule has 1 fully saturated rings. The van der Waals surface area contributed by atoms with Gasteiger partial charge in [-0.25, -0.2) is 4.79 Å². The molecule has 0 saturated carbocycles. The van der Waals surface area contributed by atoms with Gasteiger partial charge in [0.15, 0.2) is 11.5 Å². The van der Waals surface area contributed by atoms with Crippen LogP contribution in [-0.4, -0.2) is 30.7 Å². The lowest BCUT2D eigenvalue weighted by atomic mass is 10.1. The van der Waals surface area contributed by atoms with Crippen LogP contribution in [0.3, 0.4) is 0 Å². The molecule has 25 heavy (non-hydrogen) atoms. The highest BCUT2D eigenvalue weighted by molar-refractivity contribution is 7.10. The Balaban J connectivity index is 1.52. The molecule has 2 aromatic rings.